The van der Waals surface area contributed by atoms with Crippen molar-refractivity contribution in [3.63, 3.8) is 0 Å². The maximum Gasteiger partial charge on any atom is 0.191 e. The molecular weight excluding hydrogens is 412 g/mol. The lowest BCUT2D eigenvalue weighted by Crippen LogP contribution is -2.08. The molecule has 154 valence electrons. The molecule has 0 atom stereocenters. The summed E-state index contributed by atoms with van der Waals surface area (Å²) in [6.45, 7) is 4.97. The number of Topliss-reactive ketones (excluding diaryl/α,β-unsaturated/α-hetero) is 1. The zero-order valence-corrected chi connectivity index (χ0v) is 19.0. The van der Waals surface area contributed by atoms with Gasteiger partial charge < -0.3 is 9.13 Å². The molecule has 3 aromatic heterocycles. The van der Waals surface area contributed by atoms with Crippen molar-refractivity contribution in [1.82, 2.24) is 19.3 Å². The Hall–Kier alpha value is -2.64. The van der Waals surface area contributed by atoms with E-state index in [-0.39, 0.29) is 5.78 Å². The first kappa shape index (κ1) is 20.6. The van der Waals surface area contributed by atoms with Gasteiger partial charge in [-0.2, -0.15) is 0 Å². The number of ketones is 1. The molecule has 0 saturated heterocycles. The number of aryl methyl sites for hydroxylation is 2. The lowest BCUT2D eigenvalue weighted by molar-refractivity contribution is 0.102. The van der Waals surface area contributed by atoms with Crippen LogP contribution in [0.25, 0.3) is 10.7 Å². The Kier molecular flexibility index (Phi) is 6.20. The normalized spacial score (nSPS) is 11.2. The molecule has 30 heavy (non-hydrogen) atoms. The van der Waals surface area contributed by atoms with Gasteiger partial charge in [0.2, 0.25) is 0 Å². The Balaban J connectivity index is 1.43. The van der Waals surface area contributed by atoms with Crippen molar-refractivity contribution in [3.8, 4) is 10.7 Å². The standard InChI is InChI=1S/C23H24N4OS2/c1-16-14-19(17(2)27(16)12-11-18-8-5-4-6-9-18)20(28)15-30-23-25-24-22(26(23)3)21-10-7-13-29-21/h4-10,13-14H,11-12,15H2,1-3H3. The molecule has 0 aliphatic rings. The predicted molar refractivity (Wildman–Crippen MR) is 123 cm³/mol. The zero-order chi connectivity index (χ0) is 21.1. The van der Waals surface area contributed by atoms with Crippen LogP contribution in [0.4, 0.5) is 0 Å². The Labute approximate surface area is 184 Å². The molecule has 0 N–H and O–H groups in total. The summed E-state index contributed by atoms with van der Waals surface area (Å²) >= 11 is 3.07. The van der Waals surface area contributed by atoms with Gasteiger partial charge in [-0.3, -0.25) is 4.79 Å². The van der Waals surface area contributed by atoms with Crippen LogP contribution in [-0.4, -0.2) is 30.9 Å². The van der Waals surface area contributed by atoms with Gasteiger partial charge in [0.1, 0.15) is 0 Å². The minimum absolute atomic E-state index is 0.125. The summed E-state index contributed by atoms with van der Waals surface area (Å²) in [5.74, 6) is 1.30. The Morgan fingerprint density at radius 3 is 2.63 bits per heavy atom. The molecule has 0 radical (unpaired) electrons. The second-order valence-electron chi connectivity index (χ2n) is 7.23. The molecule has 5 nitrogen and oxygen atoms in total. The summed E-state index contributed by atoms with van der Waals surface area (Å²) in [5, 5.41) is 11.3. The van der Waals surface area contributed by atoms with E-state index >= 15 is 0 Å². The van der Waals surface area contributed by atoms with Gasteiger partial charge in [0.05, 0.1) is 10.6 Å². The third-order valence-corrected chi connectivity index (χ3v) is 7.14. The van der Waals surface area contributed by atoms with Crippen LogP contribution in [-0.2, 0) is 20.0 Å². The van der Waals surface area contributed by atoms with Gasteiger partial charge in [0, 0.05) is 30.5 Å². The molecule has 1 aromatic carbocycles. The van der Waals surface area contributed by atoms with Crippen LogP contribution in [0.15, 0.2) is 59.1 Å². The molecule has 0 aliphatic carbocycles. The van der Waals surface area contributed by atoms with Crippen LogP contribution in [0.5, 0.6) is 0 Å². The molecule has 0 fully saturated rings. The zero-order valence-electron chi connectivity index (χ0n) is 17.3. The summed E-state index contributed by atoms with van der Waals surface area (Å²) < 4.78 is 4.19. The van der Waals surface area contributed by atoms with Crippen molar-refractivity contribution in [1.29, 1.82) is 0 Å². The van der Waals surface area contributed by atoms with Crippen LogP contribution >= 0.6 is 23.1 Å². The average molecular weight is 437 g/mol. The van der Waals surface area contributed by atoms with Gasteiger partial charge in [-0.25, -0.2) is 0 Å². The van der Waals surface area contributed by atoms with Crippen LogP contribution in [0.2, 0.25) is 0 Å². The highest BCUT2D eigenvalue weighted by atomic mass is 32.2. The SMILES string of the molecule is Cc1cc(C(=O)CSc2nnc(-c3cccs3)n2C)c(C)n1CCc1ccccc1. The molecule has 4 rings (SSSR count). The quantitative estimate of drug-likeness (QED) is 0.282. The number of hydrogen-bond donors (Lipinski definition) is 0. The van der Waals surface area contributed by atoms with E-state index in [4.69, 9.17) is 0 Å². The number of thiophene rings is 1. The van der Waals surface area contributed by atoms with Gasteiger partial charge in [-0.1, -0.05) is 48.2 Å². The fraction of sp³-hybridized carbons (Fsp3) is 0.261. The summed E-state index contributed by atoms with van der Waals surface area (Å²) in [6, 6.07) is 16.5. The Bertz CT molecular complexity index is 1140. The number of rotatable bonds is 8. The average Bonchev–Trinajstić information content (AvgIpc) is 3.46. The summed E-state index contributed by atoms with van der Waals surface area (Å²) in [4.78, 5) is 14.0. The summed E-state index contributed by atoms with van der Waals surface area (Å²) in [6.07, 6.45) is 0.948. The highest BCUT2D eigenvalue weighted by Gasteiger charge is 2.18. The molecule has 7 heteroatoms. The highest BCUT2D eigenvalue weighted by molar-refractivity contribution is 7.99. The third kappa shape index (κ3) is 4.27. The first-order chi connectivity index (χ1) is 14.5. The second-order valence-corrected chi connectivity index (χ2v) is 9.12. The molecule has 0 spiro atoms. The summed E-state index contributed by atoms with van der Waals surface area (Å²) in [7, 11) is 1.94. The van der Waals surface area contributed by atoms with Gasteiger partial charge in [0.25, 0.3) is 0 Å². The molecule has 0 saturated carbocycles. The van der Waals surface area contributed by atoms with Crippen molar-refractivity contribution in [2.45, 2.75) is 32.0 Å². The molecule has 0 unspecified atom stereocenters. The van der Waals surface area contributed by atoms with Crippen LogP contribution in [0, 0.1) is 13.8 Å². The number of carbonyl (C=O) groups is 1. The minimum atomic E-state index is 0.125. The highest BCUT2D eigenvalue weighted by Crippen LogP contribution is 2.27. The van der Waals surface area contributed by atoms with Crippen LogP contribution < -0.4 is 0 Å². The third-order valence-electron chi connectivity index (χ3n) is 5.25. The maximum atomic E-state index is 12.9. The monoisotopic (exact) mass is 436 g/mol. The molecule has 3 heterocycles. The lowest BCUT2D eigenvalue weighted by Gasteiger charge is -2.10. The second kappa shape index (κ2) is 9.02. The summed E-state index contributed by atoms with van der Waals surface area (Å²) in [5.41, 5.74) is 4.26. The maximum absolute atomic E-state index is 12.9. The Morgan fingerprint density at radius 1 is 1.10 bits per heavy atom. The van der Waals surface area contributed by atoms with Crippen LogP contribution in [0.1, 0.15) is 27.3 Å². The first-order valence-electron chi connectivity index (χ1n) is 9.84. The van der Waals surface area contributed by atoms with Gasteiger partial charge in [-0.05, 0) is 43.3 Å². The van der Waals surface area contributed by atoms with E-state index in [2.05, 4.69) is 46.0 Å². The number of hydrogen-bond acceptors (Lipinski definition) is 5. The van der Waals surface area contributed by atoms with Crippen molar-refractivity contribution in [2.24, 2.45) is 7.05 Å². The van der Waals surface area contributed by atoms with Crippen molar-refractivity contribution in [2.75, 3.05) is 5.75 Å². The lowest BCUT2D eigenvalue weighted by atomic mass is 10.1. The predicted octanol–water partition coefficient (Wildman–Crippen LogP) is 5.18. The first-order valence-corrected chi connectivity index (χ1v) is 11.7. The fourth-order valence-electron chi connectivity index (χ4n) is 3.58. The molecule has 4 aromatic rings. The molecule has 0 aliphatic heterocycles. The molecule has 0 amide bonds. The van der Waals surface area contributed by atoms with Gasteiger partial charge >= 0.3 is 0 Å². The fourth-order valence-corrected chi connectivity index (χ4v) is 5.12. The van der Waals surface area contributed by atoms with E-state index in [1.165, 1.54) is 17.3 Å². The number of thioether (sulfide) groups is 1. The van der Waals surface area contributed by atoms with Crippen molar-refractivity contribution in [3.05, 3.63) is 76.4 Å². The van der Waals surface area contributed by atoms with E-state index in [0.717, 1.165) is 45.8 Å². The van der Waals surface area contributed by atoms with E-state index in [9.17, 15) is 4.79 Å². The van der Waals surface area contributed by atoms with E-state index in [1.54, 1.807) is 11.3 Å². The number of nitrogens with zero attached hydrogens (tertiary/aromatic N) is 4. The largest absolute Gasteiger partial charge is 0.348 e. The smallest absolute Gasteiger partial charge is 0.191 e. The molecule has 0 bridgehead atoms. The number of carbonyl (C=O) groups excluding carboxylic acids is 1. The minimum Gasteiger partial charge on any atom is -0.348 e. The van der Waals surface area contributed by atoms with Crippen molar-refractivity contribution < 1.29 is 4.79 Å². The van der Waals surface area contributed by atoms with E-state index in [1.807, 2.05) is 48.2 Å². The van der Waals surface area contributed by atoms with Crippen molar-refractivity contribution >= 4 is 28.9 Å². The van der Waals surface area contributed by atoms with E-state index < -0.39 is 0 Å². The Morgan fingerprint density at radius 2 is 1.90 bits per heavy atom. The molecular formula is C23H24N4OS2. The van der Waals surface area contributed by atoms with Gasteiger partial charge in [-0.15, -0.1) is 21.5 Å². The van der Waals surface area contributed by atoms with E-state index in [0.29, 0.717) is 5.75 Å². The van der Waals surface area contributed by atoms with Gasteiger partial charge in [0.15, 0.2) is 16.8 Å². The topological polar surface area (TPSA) is 52.7 Å². The van der Waals surface area contributed by atoms with Crippen LogP contribution in [0.3, 0.4) is 0 Å². The number of benzene rings is 1. The number of aromatic nitrogens is 4.